The van der Waals surface area contributed by atoms with Gasteiger partial charge in [-0.2, -0.15) is 0 Å². The van der Waals surface area contributed by atoms with Crippen LogP contribution in [0.2, 0.25) is 0 Å². The number of rotatable bonds is 2. The van der Waals surface area contributed by atoms with Crippen LogP contribution in [-0.4, -0.2) is 40.6 Å². The Balaban J connectivity index is 3.13. The molecular formula is C12H18BNO3. The van der Waals surface area contributed by atoms with E-state index >= 15 is 0 Å². The summed E-state index contributed by atoms with van der Waals surface area (Å²) in [7, 11) is 0.0617. The first-order chi connectivity index (χ1) is 7.75. The molecule has 4 nitrogen and oxygen atoms in total. The number of carbonyl (C=O) groups is 1. The third-order valence-corrected chi connectivity index (χ3v) is 2.78. The zero-order valence-corrected chi connectivity index (χ0v) is 10.6. The molecule has 0 aliphatic rings. The van der Waals surface area contributed by atoms with Gasteiger partial charge in [-0.1, -0.05) is 18.2 Å². The maximum atomic E-state index is 12.2. The second-order valence-electron chi connectivity index (χ2n) is 5.00. The maximum Gasteiger partial charge on any atom is 0.489 e. The Morgan fingerprint density at radius 3 is 2.24 bits per heavy atom. The topological polar surface area (TPSA) is 60.8 Å². The van der Waals surface area contributed by atoms with Crippen LogP contribution in [0.1, 0.15) is 31.1 Å². The van der Waals surface area contributed by atoms with Gasteiger partial charge in [-0.25, -0.2) is 0 Å². The summed E-state index contributed by atoms with van der Waals surface area (Å²) in [6.45, 7) is 5.76. The highest BCUT2D eigenvalue weighted by molar-refractivity contribution is 6.60. The molecule has 0 aliphatic carbocycles. The lowest BCUT2D eigenvalue weighted by atomic mass is 9.76. The van der Waals surface area contributed by atoms with Crippen molar-refractivity contribution in [2.45, 2.75) is 26.3 Å². The van der Waals surface area contributed by atoms with E-state index in [1.807, 2.05) is 20.8 Å². The van der Waals surface area contributed by atoms with Crippen LogP contribution in [0.3, 0.4) is 0 Å². The van der Waals surface area contributed by atoms with Crippen LogP contribution in [0.4, 0.5) is 0 Å². The normalized spacial score (nSPS) is 11.2. The van der Waals surface area contributed by atoms with Gasteiger partial charge in [-0.3, -0.25) is 4.79 Å². The van der Waals surface area contributed by atoms with E-state index in [1.165, 1.54) is 6.07 Å². The number of carbonyl (C=O) groups excluding carboxylic acids is 1. The molecule has 0 radical (unpaired) electrons. The molecule has 0 atom stereocenters. The molecule has 2 N–H and O–H groups in total. The van der Waals surface area contributed by atoms with Crippen LogP contribution >= 0.6 is 0 Å². The molecule has 0 saturated carbocycles. The van der Waals surface area contributed by atoms with Crippen LogP contribution in [0.15, 0.2) is 24.3 Å². The molecular weight excluding hydrogens is 217 g/mol. The second kappa shape index (κ2) is 4.90. The molecule has 0 aliphatic heterocycles. The third-order valence-electron chi connectivity index (χ3n) is 2.78. The van der Waals surface area contributed by atoms with Crippen molar-refractivity contribution in [3.05, 3.63) is 29.8 Å². The maximum absolute atomic E-state index is 12.2. The Hall–Kier alpha value is -1.33. The van der Waals surface area contributed by atoms with E-state index in [0.717, 1.165) is 0 Å². The number of nitrogens with zero attached hydrogens (tertiary/aromatic N) is 1. The Morgan fingerprint density at radius 1 is 1.24 bits per heavy atom. The molecule has 0 spiro atoms. The first-order valence-electron chi connectivity index (χ1n) is 5.48. The van der Waals surface area contributed by atoms with E-state index in [1.54, 1.807) is 30.1 Å². The SMILES string of the molecule is CN(C(=O)c1ccccc1B(O)O)C(C)(C)C. The van der Waals surface area contributed by atoms with Gasteiger partial charge in [0.15, 0.2) is 0 Å². The zero-order chi connectivity index (χ0) is 13.2. The average Bonchev–Trinajstić information content (AvgIpc) is 2.25. The minimum Gasteiger partial charge on any atom is -0.423 e. The Morgan fingerprint density at radius 2 is 1.76 bits per heavy atom. The molecule has 0 saturated heterocycles. The molecule has 0 aromatic heterocycles. The summed E-state index contributed by atoms with van der Waals surface area (Å²) < 4.78 is 0. The van der Waals surface area contributed by atoms with E-state index in [0.29, 0.717) is 5.56 Å². The lowest BCUT2D eigenvalue weighted by Crippen LogP contribution is -2.46. The second-order valence-corrected chi connectivity index (χ2v) is 5.00. The summed E-state index contributed by atoms with van der Waals surface area (Å²) in [4.78, 5) is 13.8. The van der Waals surface area contributed by atoms with Crippen molar-refractivity contribution in [3.63, 3.8) is 0 Å². The number of hydrogen-bond donors (Lipinski definition) is 2. The van der Waals surface area contributed by atoms with E-state index in [-0.39, 0.29) is 16.9 Å². The van der Waals surface area contributed by atoms with E-state index < -0.39 is 7.12 Å². The van der Waals surface area contributed by atoms with Gasteiger partial charge in [0.1, 0.15) is 0 Å². The minimum atomic E-state index is -1.64. The lowest BCUT2D eigenvalue weighted by Gasteiger charge is -2.32. The summed E-state index contributed by atoms with van der Waals surface area (Å²) in [5.41, 5.74) is 0.235. The molecule has 17 heavy (non-hydrogen) atoms. The highest BCUT2D eigenvalue weighted by Crippen LogP contribution is 2.14. The Kier molecular flexibility index (Phi) is 3.96. The third kappa shape index (κ3) is 3.08. The van der Waals surface area contributed by atoms with E-state index in [4.69, 9.17) is 0 Å². The van der Waals surface area contributed by atoms with Crippen molar-refractivity contribution >= 4 is 18.5 Å². The van der Waals surface area contributed by atoms with Crippen molar-refractivity contribution in [1.82, 2.24) is 4.90 Å². The van der Waals surface area contributed by atoms with Gasteiger partial charge in [-0.15, -0.1) is 0 Å². The van der Waals surface area contributed by atoms with Gasteiger partial charge in [0.05, 0.1) is 0 Å². The molecule has 0 unspecified atom stereocenters. The van der Waals surface area contributed by atoms with Gasteiger partial charge in [0.25, 0.3) is 5.91 Å². The monoisotopic (exact) mass is 235 g/mol. The van der Waals surface area contributed by atoms with Crippen molar-refractivity contribution < 1.29 is 14.8 Å². The summed E-state index contributed by atoms with van der Waals surface area (Å²) in [5.74, 6) is -0.221. The summed E-state index contributed by atoms with van der Waals surface area (Å²) in [6.07, 6.45) is 0. The Bertz CT molecular complexity index is 412. The van der Waals surface area contributed by atoms with Crippen LogP contribution in [-0.2, 0) is 0 Å². The van der Waals surface area contributed by atoms with Crippen molar-refractivity contribution in [1.29, 1.82) is 0 Å². The molecule has 0 heterocycles. The van der Waals surface area contributed by atoms with Crippen LogP contribution in [0.5, 0.6) is 0 Å². The quantitative estimate of drug-likeness (QED) is 0.721. The fraction of sp³-hybridized carbons (Fsp3) is 0.417. The van der Waals surface area contributed by atoms with Gasteiger partial charge < -0.3 is 14.9 Å². The smallest absolute Gasteiger partial charge is 0.423 e. The molecule has 1 rings (SSSR count). The molecule has 0 fully saturated rings. The Labute approximate surface area is 102 Å². The lowest BCUT2D eigenvalue weighted by molar-refractivity contribution is 0.0656. The average molecular weight is 235 g/mol. The standard InChI is InChI=1S/C12H18BNO3/c1-12(2,3)14(4)11(15)9-7-5-6-8-10(9)13(16)17/h5-8,16-17H,1-4H3. The highest BCUT2D eigenvalue weighted by atomic mass is 16.4. The van der Waals surface area contributed by atoms with E-state index in [9.17, 15) is 14.8 Å². The number of amides is 1. The highest BCUT2D eigenvalue weighted by Gasteiger charge is 2.27. The largest absolute Gasteiger partial charge is 0.489 e. The summed E-state index contributed by atoms with van der Waals surface area (Å²) in [5, 5.41) is 18.4. The molecule has 0 bridgehead atoms. The van der Waals surface area contributed by atoms with Gasteiger partial charge in [0, 0.05) is 18.2 Å². The van der Waals surface area contributed by atoms with Gasteiger partial charge in [-0.05, 0) is 32.3 Å². The first-order valence-corrected chi connectivity index (χ1v) is 5.48. The molecule has 92 valence electrons. The van der Waals surface area contributed by atoms with Crippen LogP contribution in [0, 0.1) is 0 Å². The predicted octanol–water partition coefficient (Wildman–Crippen LogP) is 0.237. The van der Waals surface area contributed by atoms with Crippen LogP contribution in [0.25, 0.3) is 0 Å². The van der Waals surface area contributed by atoms with E-state index in [2.05, 4.69) is 0 Å². The fourth-order valence-corrected chi connectivity index (χ4v) is 1.40. The van der Waals surface area contributed by atoms with Crippen molar-refractivity contribution in [2.24, 2.45) is 0 Å². The number of benzene rings is 1. The number of hydrogen-bond acceptors (Lipinski definition) is 3. The minimum absolute atomic E-state index is 0.221. The van der Waals surface area contributed by atoms with Crippen molar-refractivity contribution in [3.8, 4) is 0 Å². The fourth-order valence-electron chi connectivity index (χ4n) is 1.40. The molecule has 1 aromatic carbocycles. The predicted molar refractivity (Wildman–Crippen MR) is 68.1 cm³/mol. The van der Waals surface area contributed by atoms with Crippen molar-refractivity contribution in [2.75, 3.05) is 7.05 Å². The molecule has 1 amide bonds. The zero-order valence-electron chi connectivity index (χ0n) is 10.6. The van der Waals surface area contributed by atoms with Gasteiger partial charge in [0.2, 0.25) is 0 Å². The molecule has 1 aromatic rings. The summed E-state index contributed by atoms with van der Waals surface area (Å²) >= 11 is 0. The van der Waals surface area contributed by atoms with Crippen LogP contribution < -0.4 is 5.46 Å². The van der Waals surface area contributed by atoms with Gasteiger partial charge >= 0.3 is 7.12 Å². The summed E-state index contributed by atoms with van der Waals surface area (Å²) in [6, 6.07) is 6.51. The first kappa shape index (κ1) is 13.7. The molecule has 5 heteroatoms.